The monoisotopic (exact) mass is 234 g/mol. The van der Waals surface area contributed by atoms with E-state index in [-0.39, 0.29) is 11.5 Å². The SMILES string of the molecule is CC(C)(C)c1ccccc1OCC(O)C1CC1. The zero-order chi connectivity index (χ0) is 12.5. The summed E-state index contributed by atoms with van der Waals surface area (Å²) < 4.78 is 5.78. The first kappa shape index (κ1) is 12.4. The molecule has 2 rings (SSSR count). The molecule has 0 heterocycles. The average molecular weight is 234 g/mol. The van der Waals surface area contributed by atoms with Crippen LogP contribution in [0, 0.1) is 5.92 Å². The van der Waals surface area contributed by atoms with Crippen LogP contribution in [0.5, 0.6) is 5.75 Å². The summed E-state index contributed by atoms with van der Waals surface area (Å²) in [4.78, 5) is 0. The molecule has 1 aromatic rings. The highest BCUT2D eigenvalue weighted by Gasteiger charge is 2.30. The van der Waals surface area contributed by atoms with Gasteiger partial charge in [-0.2, -0.15) is 0 Å². The Morgan fingerprint density at radius 3 is 2.53 bits per heavy atom. The molecule has 1 aliphatic carbocycles. The Morgan fingerprint density at radius 2 is 1.94 bits per heavy atom. The molecule has 0 aromatic heterocycles. The molecule has 0 aliphatic heterocycles. The Labute approximate surface area is 104 Å². The van der Waals surface area contributed by atoms with Crippen LogP contribution in [0.2, 0.25) is 0 Å². The van der Waals surface area contributed by atoms with Crippen LogP contribution in [-0.2, 0) is 5.41 Å². The van der Waals surface area contributed by atoms with E-state index in [0.29, 0.717) is 12.5 Å². The molecule has 1 fully saturated rings. The Balaban J connectivity index is 2.04. The summed E-state index contributed by atoms with van der Waals surface area (Å²) in [6, 6.07) is 8.10. The number of rotatable bonds is 4. The van der Waals surface area contributed by atoms with Gasteiger partial charge in [-0.05, 0) is 35.8 Å². The van der Waals surface area contributed by atoms with E-state index in [4.69, 9.17) is 4.74 Å². The van der Waals surface area contributed by atoms with Crippen molar-refractivity contribution in [2.45, 2.75) is 45.1 Å². The lowest BCUT2D eigenvalue weighted by atomic mass is 9.86. The molecular weight excluding hydrogens is 212 g/mol. The summed E-state index contributed by atoms with van der Waals surface area (Å²) >= 11 is 0. The Kier molecular flexibility index (Phi) is 3.43. The number of aliphatic hydroxyl groups excluding tert-OH is 1. The van der Waals surface area contributed by atoms with Gasteiger partial charge in [-0.25, -0.2) is 0 Å². The quantitative estimate of drug-likeness (QED) is 0.867. The minimum absolute atomic E-state index is 0.0706. The minimum atomic E-state index is -0.303. The van der Waals surface area contributed by atoms with Crippen molar-refractivity contribution in [1.29, 1.82) is 0 Å². The lowest BCUT2D eigenvalue weighted by molar-refractivity contribution is 0.0885. The predicted molar refractivity (Wildman–Crippen MR) is 69.4 cm³/mol. The molecule has 2 nitrogen and oxygen atoms in total. The summed E-state index contributed by atoms with van der Waals surface area (Å²) in [6.45, 7) is 6.93. The number of hydrogen-bond acceptors (Lipinski definition) is 2. The van der Waals surface area contributed by atoms with Gasteiger partial charge in [0.25, 0.3) is 0 Å². The second-order valence-electron chi connectivity index (χ2n) is 5.96. The zero-order valence-electron chi connectivity index (χ0n) is 10.9. The van der Waals surface area contributed by atoms with Crippen LogP contribution in [0.1, 0.15) is 39.2 Å². The lowest BCUT2D eigenvalue weighted by Crippen LogP contribution is -2.21. The summed E-state index contributed by atoms with van der Waals surface area (Å²) in [6.07, 6.45) is 1.99. The van der Waals surface area contributed by atoms with E-state index >= 15 is 0 Å². The van der Waals surface area contributed by atoms with E-state index in [1.807, 2.05) is 18.2 Å². The second-order valence-corrected chi connectivity index (χ2v) is 5.96. The molecule has 1 N–H and O–H groups in total. The van der Waals surface area contributed by atoms with Crippen molar-refractivity contribution >= 4 is 0 Å². The topological polar surface area (TPSA) is 29.5 Å². The van der Waals surface area contributed by atoms with Crippen LogP contribution in [0.25, 0.3) is 0 Å². The summed E-state index contributed by atoms with van der Waals surface area (Å²) in [5.41, 5.74) is 1.27. The van der Waals surface area contributed by atoms with Gasteiger partial charge in [-0.1, -0.05) is 39.0 Å². The first-order valence-corrected chi connectivity index (χ1v) is 6.39. The van der Waals surface area contributed by atoms with Crippen molar-refractivity contribution in [3.63, 3.8) is 0 Å². The normalized spacial score (nSPS) is 17.9. The van der Waals surface area contributed by atoms with Crippen LogP contribution < -0.4 is 4.74 Å². The fourth-order valence-corrected chi connectivity index (χ4v) is 2.00. The van der Waals surface area contributed by atoms with Gasteiger partial charge >= 0.3 is 0 Å². The maximum Gasteiger partial charge on any atom is 0.123 e. The van der Waals surface area contributed by atoms with Crippen LogP contribution in [0.15, 0.2) is 24.3 Å². The third-order valence-corrected chi connectivity index (χ3v) is 3.27. The molecule has 94 valence electrons. The van der Waals surface area contributed by atoms with Gasteiger partial charge < -0.3 is 9.84 Å². The van der Waals surface area contributed by atoms with Crippen molar-refractivity contribution in [2.75, 3.05) is 6.61 Å². The molecule has 1 aromatic carbocycles. The molecular formula is C15H22O2. The Morgan fingerprint density at radius 1 is 1.29 bits per heavy atom. The van der Waals surface area contributed by atoms with E-state index in [1.165, 1.54) is 5.56 Å². The molecule has 1 aliphatic rings. The lowest BCUT2D eigenvalue weighted by Gasteiger charge is -2.23. The number of para-hydroxylation sites is 1. The zero-order valence-corrected chi connectivity index (χ0v) is 10.9. The van der Waals surface area contributed by atoms with E-state index < -0.39 is 0 Å². The number of aliphatic hydroxyl groups is 1. The predicted octanol–water partition coefficient (Wildman–Crippen LogP) is 3.13. The fourth-order valence-electron chi connectivity index (χ4n) is 2.00. The van der Waals surface area contributed by atoms with E-state index in [0.717, 1.165) is 18.6 Å². The second kappa shape index (κ2) is 4.69. The van der Waals surface area contributed by atoms with Gasteiger partial charge in [0, 0.05) is 0 Å². The highest BCUT2D eigenvalue weighted by molar-refractivity contribution is 5.38. The molecule has 0 bridgehead atoms. The largest absolute Gasteiger partial charge is 0.491 e. The highest BCUT2D eigenvalue weighted by atomic mass is 16.5. The molecule has 2 heteroatoms. The molecule has 1 unspecified atom stereocenters. The third-order valence-electron chi connectivity index (χ3n) is 3.27. The number of benzene rings is 1. The molecule has 0 spiro atoms. The first-order chi connectivity index (χ1) is 7.98. The number of hydrogen-bond donors (Lipinski definition) is 1. The average Bonchev–Trinajstić information content (AvgIpc) is 3.08. The van der Waals surface area contributed by atoms with Crippen LogP contribution in [-0.4, -0.2) is 17.8 Å². The van der Waals surface area contributed by atoms with Crippen molar-refractivity contribution in [3.8, 4) is 5.75 Å². The standard InChI is InChI=1S/C15H22O2/c1-15(2,3)12-6-4-5-7-14(12)17-10-13(16)11-8-9-11/h4-7,11,13,16H,8-10H2,1-3H3. The van der Waals surface area contributed by atoms with Crippen LogP contribution >= 0.6 is 0 Å². The third kappa shape index (κ3) is 3.22. The van der Waals surface area contributed by atoms with Crippen LogP contribution in [0.3, 0.4) is 0 Å². The molecule has 17 heavy (non-hydrogen) atoms. The van der Waals surface area contributed by atoms with Crippen molar-refractivity contribution < 1.29 is 9.84 Å². The van der Waals surface area contributed by atoms with Gasteiger partial charge in [-0.15, -0.1) is 0 Å². The summed E-state index contributed by atoms with van der Waals surface area (Å²) in [7, 11) is 0. The summed E-state index contributed by atoms with van der Waals surface area (Å²) in [5, 5.41) is 9.82. The fraction of sp³-hybridized carbons (Fsp3) is 0.600. The molecule has 0 saturated heterocycles. The van der Waals surface area contributed by atoms with Crippen LogP contribution in [0.4, 0.5) is 0 Å². The maximum absolute atomic E-state index is 9.82. The van der Waals surface area contributed by atoms with E-state index in [1.54, 1.807) is 0 Å². The van der Waals surface area contributed by atoms with Gasteiger partial charge in [0.05, 0.1) is 6.10 Å². The first-order valence-electron chi connectivity index (χ1n) is 6.39. The highest BCUT2D eigenvalue weighted by Crippen LogP contribution is 2.34. The smallest absolute Gasteiger partial charge is 0.123 e. The minimum Gasteiger partial charge on any atom is -0.491 e. The van der Waals surface area contributed by atoms with E-state index in [9.17, 15) is 5.11 Å². The molecule has 0 amide bonds. The van der Waals surface area contributed by atoms with Gasteiger partial charge in [0.1, 0.15) is 12.4 Å². The molecule has 1 saturated carbocycles. The molecule has 1 atom stereocenters. The van der Waals surface area contributed by atoms with Gasteiger partial charge in [0.15, 0.2) is 0 Å². The molecule has 0 radical (unpaired) electrons. The maximum atomic E-state index is 9.82. The van der Waals surface area contributed by atoms with Gasteiger partial charge in [0.2, 0.25) is 0 Å². The van der Waals surface area contributed by atoms with Crippen molar-refractivity contribution in [2.24, 2.45) is 5.92 Å². The van der Waals surface area contributed by atoms with Crippen molar-refractivity contribution in [3.05, 3.63) is 29.8 Å². The summed E-state index contributed by atoms with van der Waals surface area (Å²) in [5.74, 6) is 1.37. The Bertz CT molecular complexity index is 375. The number of ether oxygens (including phenoxy) is 1. The van der Waals surface area contributed by atoms with Crippen molar-refractivity contribution in [1.82, 2.24) is 0 Å². The van der Waals surface area contributed by atoms with Gasteiger partial charge in [-0.3, -0.25) is 0 Å². The Hall–Kier alpha value is -1.02. The van der Waals surface area contributed by atoms with E-state index in [2.05, 4.69) is 26.8 Å².